The minimum atomic E-state index is -0.0430. The molecule has 27 heavy (non-hydrogen) atoms. The predicted molar refractivity (Wildman–Crippen MR) is 111 cm³/mol. The molecule has 0 bridgehead atoms. The number of rotatable bonds is 7. The Hall–Kier alpha value is -1.95. The van der Waals surface area contributed by atoms with Gasteiger partial charge in [0.25, 0.3) is 5.56 Å². The summed E-state index contributed by atoms with van der Waals surface area (Å²) in [6.45, 7) is 2.85. The lowest BCUT2D eigenvalue weighted by atomic mass is 9.87. The predicted octanol–water partition coefficient (Wildman–Crippen LogP) is 4.31. The lowest BCUT2D eigenvalue weighted by Crippen LogP contribution is -2.37. The first-order valence-corrected chi connectivity index (χ1v) is 10.5. The number of H-pyrrole nitrogens is 1. The molecule has 2 aromatic rings. The first kappa shape index (κ1) is 19.8. The van der Waals surface area contributed by atoms with Gasteiger partial charge in [-0.1, -0.05) is 38.3 Å². The first-order chi connectivity index (χ1) is 13.0. The van der Waals surface area contributed by atoms with E-state index in [-0.39, 0.29) is 11.5 Å². The smallest absolute Gasteiger partial charge is 0.262 e. The number of aromatic amines is 1. The van der Waals surface area contributed by atoms with Crippen LogP contribution in [0.2, 0.25) is 0 Å². The quantitative estimate of drug-likeness (QED) is 0.549. The van der Waals surface area contributed by atoms with Gasteiger partial charge in [0.1, 0.15) is 0 Å². The molecule has 5 nitrogen and oxygen atoms in total. The molecule has 1 aromatic carbocycles. The number of fused-ring (bicyclic) bond motifs is 1. The molecule has 1 aliphatic carbocycles. The molecule has 0 saturated heterocycles. The molecule has 0 aliphatic heterocycles. The Kier molecular flexibility index (Phi) is 6.83. The summed E-state index contributed by atoms with van der Waals surface area (Å²) in [5, 5.41) is 3.84. The first-order valence-electron chi connectivity index (χ1n) is 10.1. The Morgan fingerprint density at radius 1 is 1.26 bits per heavy atom. The van der Waals surface area contributed by atoms with Crippen molar-refractivity contribution >= 4 is 29.0 Å². The maximum Gasteiger partial charge on any atom is 0.262 e. The van der Waals surface area contributed by atoms with Gasteiger partial charge >= 0.3 is 0 Å². The fourth-order valence-corrected chi connectivity index (χ4v) is 4.28. The highest BCUT2D eigenvalue weighted by Crippen LogP contribution is 2.23. The van der Waals surface area contributed by atoms with Gasteiger partial charge in [-0.05, 0) is 56.0 Å². The maximum atomic E-state index is 12.6. The third kappa shape index (κ3) is 5.28. The molecule has 1 saturated carbocycles. The molecular formula is C21H29N3O2S. The zero-order chi connectivity index (χ0) is 19.2. The van der Waals surface area contributed by atoms with Crippen molar-refractivity contribution < 1.29 is 4.79 Å². The molecule has 1 aliphatic rings. The fourth-order valence-electron chi connectivity index (χ4n) is 4.00. The van der Waals surface area contributed by atoms with Gasteiger partial charge in [0.2, 0.25) is 5.91 Å². The third-order valence-electron chi connectivity index (χ3n) is 5.48. The largest absolute Gasteiger partial charge is 0.353 e. The molecule has 2 atom stereocenters. The second-order valence-corrected chi connectivity index (χ2v) is 8.17. The highest BCUT2D eigenvalue weighted by atomic mass is 32.1. The second-order valence-electron chi connectivity index (χ2n) is 7.78. The zero-order valence-corrected chi connectivity index (χ0v) is 16.8. The summed E-state index contributed by atoms with van der Waals surface area (Å²) in [7, 11) is 0. The van der Waals surface area contributed by atoms with Crippen LogP contribution in [-0.2, 0) is 11.3 Å². The molecule has 0 spiro atoms. The number of carbonyl (C=O) groups is 1. The van der Waals surface area contributed by atoms with Crippen LogP contribution >= 0.6 is 12.2 Å². The van der Waals surface area contributed by atoms with Gasteiger partial charge in [-0.2, -0.15) is 0 Å². The van der Waals surface area contributed by atoms with E-state index in [0.29, 0.717) is 35.1 Å². The SMILES string of the molecule is CC1CCCC(NC(=O)CCCCCn2c(=S)[nH]c3ccccc3c2=O)C1. The van der Waals surface area contributed by atoms with Crippen LogP contribution in [0.1, 0.15) is 58.3 Å². The summed E-state index contributed by atoms with van der Waals surface area (Å²) < 4.78 is 2.09. The summed E-state index contributed by atoms with van der Waals surface area (Å²) in [6, 6.07) is 7.78. The third-order valence-corrected chi connectivity index (χ3v) is 5.80. The van der Waals surface area contributed by atoms with Gasteiger partial charge < -0.3 is 10.3 Å². The van der Waals surface area contributed by atoms with Crippen molar-refractivity contribution in [3.8, 4) is 0 Å². The average Bonchev–Trinajstić information content (AvgIpc) is 2.64. The van der Waals surface area contributed by atoms with Crippen LogP contribution in [0.25, 0.3) is 10.9 Å². The van der Waals surface area contributed by atoms with Gasteiger partial charge in [-0.3, -0.25) is 14.2 Å². The summed E-state index contributed by atoms with van der Waals surface area (Å²) in [6.07, 6.45) is 7.85. The molecule has 1 heterocycles. The van der Waals surface area contributed by atoms with Crippen molar-refractivity contribution in [2.24, 2.45) is 5.92 Å². The summed E-state index contributed by atoms with van der Waals surface area (Å²) in [4.78, 5) is 27.8. The monoisotopic (exact) mass is 387 g/mol. The van der Waals surface area contributed by atoms with E-state index in [1.807, 2.05) is 24.3 Å². The Labute approximate surface area is 165 Å². The lowest BCUT2D eigenvalue weighted by molar-refractivity contribution is -0.122. The van der Waals surface area contributed by atoms with Gasteiger partial charge in [-0.25, -0.2) is 0 Å². The molecule has 3 rings (SSSR count). The van der Waals surface area contributed by atoms with E-state index in [2.05, 4.69) is 17.2 Å². The molecule has 2 unspecified atom stereocenters. The average molecular weight is 388 g/mol. The summed E-state index contributed by atoms with van der Waals surface area (Å²) >= 11 is 5.33. The van der Waals surface area contributed by atoms with E-state index in [0.717, 1.165) is 37.6 Å². The van der Waals surface area contributed by atoms with E-state index in [1.165, 1.54) is 12.8 Å². The van der Waals surface area contributed by atoms with Crippen LogP contribution in [0.3, 0.4) is 0 Å². The van der Waals surface area contributed by atoms with Crippen molar-refractivity contribution in [3.63, 3.8) is 0 Å². The summed E-state index contributed by atoms with van der Waals surface area (Å²) in [5.74, 6) is 0.878. The van der Waals surface area contributed by atoms with Crippen LogP contribution in [0, 0.1) is 10.7 Å². The van der Waals surface area contributed by atoms with E-state index >= 15 is 0 Å². The van der Waals surface area contributed by atoms with Crippen molar-refractivity contribution in [1.29, 1.82) is 0 Å². The van der Waals surface area contributed by atoms with Crippen LogP contribution < -0.4 is 10.9 Å². The Balaban J connectivity index is 1.44. The van der Waals surface area contributed by atoms with E-state index in [1.54, 1.807) is 4.57 Å². The fraction of sp³-hybridized carbons (Fsp3) is 0.571. The standard InChI is InChI=1S/C21H29N3O2S/c1-15-8-7-9-16(14-15)22-19(25)12-3-2-6-13-24-20(26)17-10-4-5-11-18(17)23-21(24)27/h4-5,10-11,15-16H,2-3,6-9,12-14H2,1H3,(H,22,25)(H,23,27). The molecule has 1 aromatic heterocycles. The molecule has 146 valence electrons. The Morgan fingerprint density at radius 2 is 2.07 bits per heavy atom. The normalized spacial score (nSPS) is 19.9. The topological polar surface area (TPSA) is 66.9 Å². The lowest BCUT2D eigenvalue weighted by Gasteiger charge is -2.27. The van der Waals surface area contributed by atoms with E-state index in [4.69, 9.17) is 12.2 Å². The number of hydrogen-bond donors (Lipinski definition) is 2. The molecular weight excluding hydrogens is 358 g/mol. The van der Waals surface area contributed by atoms with E-state index < -0.39 is 0 Å². The number of para-hydroxylation sites is 1. The molecule has 0 radical (unpaired) electrons. The van der Waals surface area contributed by atoms with Crippen LogP contribution in [0.15, 0.2) is 29.1 Å². The number of carbonyl (C=O) groups excluding carboxylic acids is 1. The zero-order valence-electron chi connectivity index (χ0n) is 16.0. The number of nitrogens with zero attached hydrogens (tertiary/aromatic N) is 1. The van der Waals surface area contributed by atoms with Crippen molar-refractivity contribution in [1.82, 2.24) is 14.9 Å². The molecule has 6 heteroatoms. The van der Waals surface area contributed by atoms with Gasteiger partial charge in [0.05, 0.1) is 10.9 Å². The summed E-state index contributed by atoms with van der Waals surface area (Å²) in [5.41, 5.74) is 0.732. The van der Waals surface area contributed by atoms with Gasteiger partial charge in [0, 0.05) is 19.0 Å². The number of hydrogen-bond acceptors (Lipinski definition) is 3. The number of amides is 1. The van der Waals surface area contributed by atoms with Crippen LogP contribution in [-0.4, -0.2) is 21.5 Å². The minimum absolute atomic E-state index is 0.0430. The Morgan fingerprint density at radius 3 is 2.89 bits per heavy atom. The number of aromatic nitrogens is 2. The molecule has 1 fully saturated rings. The molecule has 2 N–H and O–H groups in total. The van der Waals surface area contributed by atoms with Crippen molar-refractivity contribution in [3.05, 3.63) is 39.4 Å². The van der Waals surface area contributed by atoms with Crippen molar-refractivity contribution in [2.75, 3.05) is 0 Å². The number of nitrogens with one attached hydrogen (secondary N) is 2. The van der Waals surface area contributed by atoms with Gasteiger partial charge in [0.15, 0.2) is 4.77 Å². The highest BCUT2D eigenvalue weighted by molar-refractivity contribution is 7.71. The maximum absolute atomic E-state index is 12.6. The minimum Gasteiger partial charge on any atom is -0.353 e. The Bertz CT molecular complexity index is 902. The van der Waals surface area contributed by atoms with Crippen molar-refractivity contribution in [2.45, 2.75) is 70.9 Å². The number of benzene rings is 1. The van der Waals surface area contributed by atoms with Crippen LogP contribution in [0.4, 0.5) is 0 Å². The molecule has 1 amide bonds. The van der Waals surface area contributed by atoms with Crippen LogP contribution in [0.5, 0.6) is 0 Å². The highest BCUT2D eigenvalue weighted by Gasteiger charge is 2.20. The number of unbranched alkanes of at least 4 members (excludes halogenated alkanes) is 2. The van der Waals surface area contributed by atoms with E-state index in [9.17, 15) is 9.59 Å². The second kappa shape index (κ2) is 9.31. The van der Waals surface area contributed by atoms with Gasteiger partial charge in [-0.15, -0.1) is 0 Å².